The topological polar surface area (TPSA) is 9.86 Å². The number of aryl methyl sites for hydroxylation is 6. The fourth-order valence-electron chi connectivity index (χ4n) is 17.9. The summed E-state index contributed by atoms with van der Waals surface area (Å²) in [6.07, 6.45) is 0. The molecule has 2 heterocycles. The lowest BCUT2D eigenvalue weighted by atomic mass is 9.83. The van der Waals surface area contributed by atoms with E-state index in [-0.39, 0.29) is 0 Å². The van der Waals surface area contributed by atoms with Crippen LogP contribution in [0, 0.1) is 41.5 Å². The molecule has 0 bridgehead atoms. The zero-order valence-electron chi connectivity index (χ0n) is 64.8. The summed E-state index contributed by atoms with van der Waals surface area (Å²) in [6.45, 7) is 13.4. The highest BCUT2D eigenvalue weighted by Crippen LogP contribution is 2.49. The fraction of sp³-hybridized carbons (Fsp3) is 0.0536. The summed E-state index contributed by atoms with van der Waals surface area (Å²) in [5, 5.41) is 15.4. The maximum Gasteiger partial charge on any atom is 0.0541 e. The van der Waals surface area contributed by atoms with Crippen LogP contribution in [0.2, 0.25) is 0 Å². The summed E-state index contributed by atoms with van der Waals surface area (Å²) < 4.78 is 4.75. The minimum Gasteiger partial charge on any atom is -0.309 e. The predicted molar refractivity (Wildman–Crippen MR) is 489 cm³/mol. The second-order valence-corrected chi connectivity index (χ2v) is 31.0. The first-order valence-electron chi connectivity index (χ1n) is 39.8. The Morgan fingerprint density at radius 3 is 0.623 bits per heavy atom. The molecule has 0 spiro atoms. The van der Waals surface area contributed by atoms with Crippen LogP contribution in [0.4, 0.5) is 0 Å². The Bertz CT molecular complexity index is 7220. The molecule has 0 radical (unpaired) electrons. The zero-order valence-corrected chi connectivity index (χ0v) is 64.8. The Kier molecular flexibility index (Phi) is 17.3. The largest absolute Gasteiger partial charge is 0.309 e. The SMILES string of the molecule is Cc1cc2c(-c3ccc(-c4ccc(-c5ccccc5)cc4)cc3)c3cc(C)c(C)cc3c(-c3ccc(-c4ccc5c(c4)c4ccccc4n5-c4ccccc4)cc3)c2cc1C.Cc1cc2c(-c3ccccc3)c3ccccc3c(-c3ccc(-c4ccc(-c5ccc6c(c5)c5ccccc5n6-c5ccccc5)cc4)cc3)c2cc1C. The van der Waals surface area contributed by atoms with Crippen molar-refractivity contribution in [2.75, 3.05) is 0 Å². The smallest absolute Gasteiger partial charge is 0.0541 e. The quantitative estimate of drug-likeness (QED) is 0.114. The first-order valence-corrected chi connectivity index (χ1v) is 39.8. The summed E-state index contributed by atoms with van der Waals surface area (Å²) >= 11 is 0. The van der Waals surface area contributed by atoms with E-state index in [1.165, 1.54) is 232 Å². The van der Waals surface area contributed by atoms with Gasteiger partial charge in [-0.05, 0) is 279 Å². The van der Waals surface area contributed by atoms with E-state index in [4.69, 9.17) is 0 Å². The van der Waals surface area contributed by atoms with Crippen molar-refractivity contribution in [3.63, 3.8) is 0 Å². The van der Waals surface area contributed by atoms with Gasteiger partial charge in [-0.3, -0.25) is 0 Å². The molecule has 2 aromatic heterocycles. The molecule has 540 valence electrons. The lowest BCUT2D eigenvalue weighted by Gasteiger charge is -2.21. The number of aromatic nitrogens is 2. The van der Waals surface area contributed by atoms with E-state index in [2.05, 4.69) is 439 Å². The van der Waals surface area contributed by atoms with E-state index in [0.29, 0.717) is 0 Å². The third-order valence-electron chi connectivity index (χ3n) is 24.2. The molecule has 21 rings (SSSR count). The molecule has 2 nitrogen and oxygen atoms in total. The van der Waals surface area contributed by atoms with Crippen molar-refractivity contribution in [2.45, 2.75) is 41.5 Å². The second kappa shape index (κ2) is 28.6. The molecule has 0 amide bonds. The highest BCUT2D eigenvalue weighted by atomic mass is 15.0. The Labute approximate surface area is 666 Å². The van der Waals surface area contributed by atoms with Crippen molar-refractivity contribution >= 4 is 86.7 Å². The monoisotopic (exact) mass is 1450 g/mol. The predicted octanol–water partition coefficient (Wildman–Crippen LogP) is 31.0. The number of benzene rings is 19. The summed E-state index contributed by atoms with van der Waals surface area (Å²) in [5.41, 5.74) is 37.4. The van der Waals surface area contributed by atoms with Crippen LogP contribution in [0.1, 0.15) is 33.4 Å². The molecule has 0 aliphatic rings. The van der Waals surface area contributed by atoms with Crippen LogP contribution in [0.5, 0.6) is 0 Å². The number of hydrogen-bond acceptors (Lipinski definition) is 0. The van der Waals surface area contributed by atoms with Gasteiger partial charge in [-0.15, -0.1) is 0 Å². The van der Waals surface area contributed by atoms with E-state index < -0.39 is 0 Å². The second-order valence-electron chi connectivity index (χ2n) is 31.0. The van der Waals surface area contributed by atoms with Crippen LogP contribution < -0.4 is 0 Å². The highest BCUT2D eigenvalue weighted by molar-refractivity contribution is 6.24. The summed E-state index contributed by atoms with van der Waals surface area (Å²) in [6, 6.07) is 143. The molecule has 114 heavy (non-hydrogen) atoms. The lowest BCUT2D eigenvalue weighted by molar-refractivity contribution is 1.18. The van der Waals surface area contributed by atoms with Gasteiger partial charge >= 0.3 is 0 Å². The van der Waals surface area contributed by atoms with E-state index in [0.717, 1.165) is 0 Å². The summed E-state index contributed by atoms with van der Waals surface area (Å²) in [4.78, 5) is 0. The number of nitrogens with zero attached hydrogens (tertiary/aromatic N) is 2. The van der Waals surface area contributed by atoms with Gasteiger partial charge in [0.05, 0.1) is 22.1 Å². The third kappa shape index (κ3) is 12.1. The van der Waals surface area contributed by atoms with E-state index in [9.17, 15) is 0 Å². The number of hydrogen-bond donors (Lipinski definition) is 0. The van der Waals surface area contributed by atoms with Gasteiger partial charge in [0.2, 0.25) is 0 Å². The van der Waals surface area contributed by atoms with Gasteiger partial charge in [-0.25, -0.2) is 0 Å². The normalized spacial score (nSPS) is 11.6. The first kappa shape index (κ1) is 69.0. The first-order chi connectivity index (χ1) is 56.0. The van der Waals surface area contributed by atoms with Crippen molar-refractivity contribution in [1.29, 1.82) is 0 Å². The molecule has 0 fully saturated rings. The van der Waals surface area contributed by atoms with E-state index in [1.54, 1.807) is 0 Å². The zero-order chi connectivity index (χ0) is 76.7. The van der Waals surface area contributed by atoms with Crippen LogP contribution in [0.25, 0.3) is 198 Å². The molecule has 0 saturated carbocycles. The van der Waals surface area contributed by atoms with Gasteiger partial charge in [-0.2, -0.15) is 0 Å². The number of para-hydroxylation sites is 4. The van der Waals surface area contributed by atoms with Gasteiger partial charge in [0.25, 0.3) is 0 Å². The number of rotatable bonds is 11. The van der Waals surface area contributed by atoms with Gasteiger partial charge in [0.15, 0.2) is 0 Å². The maximum atomic E-state index is 2.42. The molecule has 0 saturated heterocycles. The molecule has 0 unspecified atom stereocenters. The van der Waals surface area contributed by atoms with Crippen molar-refractivity contribution in [1.82, 2.24) is 9.13 Å². The van der Waals surface area contributed by atoms with Crippen molar-refractivity contribution in [3.8, 4) is 112 Å². The molecule has 0 atom stereocenters. The Hall–Kier alpha value is -14.2. The molecular weight excluding hydrogens is 1370 g/mol. The van der Waals surface area contributed by atoms with Gasteiger partial charge in [-0.1, -0.05) is 328 Å². The van der Waals surface area contributed by atoms with Crippen LogP contribution in [-0.4, -0.2) is 9.13 Å². The van der Waals surface area contributed by atoms with Gasteiger partial charge < -0.3 is 9.13 Å². The Balaban J connectivity index is 0.000000149. The van der Waals surface area contributed by atoms with Crippen LogP contribution >= 0.6 is 0 Å². The van der Waals surface area contributed by atoms with Gasteiger partial charge in [0.1, 0.15) is 0 Å². The third-order valence-corrected chi connectivity index (χ3v) is 24.2. The Morgan fingerprint density at radius 1 is 0.132 bits per heavy atom. The number of fused-ring (bicyclic) bond motifs is 10. The minimum absolute atomic E-state index is 1.18. The molecule has 19 aromatic carbocycles. The maximum absolute atomic E-state index is 2.42. The average Bonchev–Trinajstić information content (AvgIpc) is 1.06. The van der Waals surface area contributed by atoms with Crippen LogP contribution in [0.15, 0.2) is 388 Å². The van der Waals surface area contributed by atoms with Crippen molar-refractivity contribution < 1.29 is 0 Å². The van der Waals surface area contributed by atoms with Crippen molar-refractivity contribution in [2.24, 2.45) is 0 Å². The molecule has 0 aliphatic carbocycles. The molecular formula is C112H82N2. The standard InChI is InChI=1S/C60H45N.C52H37N/c1-38-33-53-55(35-40(38)3)60(48-29-25-46(26-30-48)49-31-32-58-52(37-49)51-17-11-12-18-57(51)61(58)50-15-9-6-10-16-50)56-36-41(4)39(2)34-54(56)59(53)47-27-23-45(24-28-47)44-21-19-43(20-22-44)42-13-7-5-8-14-42;1-34-31-47-48(32-35(34)2)52(45-19-10-9-18-44(45)51(47)39-13-5-3-6-14-39)40-27-25-37(26-28-40)36-21-23-38(24-22-36)41-29-30-50-46(33-41)43-17-11-12-20-49(43)53(50)42-15-7-4-8-16-42/h5-37H,1-4H3;3-33H,1-2H3. The fourth-order valence-corrected chi connectivity index (χ4v) is 17.9. The molecule has 0 N–H and O–H groups in total. The summed E-state index contributed by atoms with van der Waals surface area (Å²) in [5.74, 6) is 0. The van der Waals surface area contributed by atoms with Crippen molar-refractivity contribution in [3.05, 3.63) is 422 Å². The average molecular weight is 1460 g/mol. The van der Waals surface area contributed by atoms with E-state index in [1.807, 2.05) is 0 Å². The molecule has 21 aromatic rings. The lowest BCUT2D eigenvalue weighted by Crippen LogP contribution is -1.95. The summed E-state index contributed by atoms with van der Waals surface area (Å²) in [7, 11) is 0. The van der Waals surface area contributed by atoms with Crippen LogP contribution in [0.3, 0.4) is 0 Å². The highest BCUT2D eigenvalue weighted by Gasteiger charge is 2.23. The Morgan fingerprint density at radius 2 is 0.325 bits per heavy atom. The molecule has 2 heteroatoms. The van der Waals surface area contributed by atoms with E-state index >= 15 is 0 Å². The van der Waals surface area contributed by atoms with Crippen LogP contribution in [-0.2, 0) is 0 Å². The molecule has 0 aliphatic heterocycles. The minimum atomic E-state index is 1.18. The van der Waals surface area contributed by atoms with Gasteiger partial charge in [0, 0.05) is 32.9 Å².